The van der Waals surface area contributed by atoms with Gasteiger partial charge in [-0.25, -0.2) is 4.39 Å². The molecule has 0 N–H and O–H groups in total. The number of hydrogen-bond acceptors (Lipinski definition) is 0. The molecule has 0 aliphatic heterocycles. The van der Waals surface area contributed by atoms with Gasteiger partial charge in [-0.1, -0.05) is 101 Å². The number of benzene rings is 2. The summed E-state index contributed by atoms with van der Waals surface area (Å²) in [6.45, 7) is 2.26. The van der Waals surface area contributed by atoms with Crippen LogP contribution in [-0.4, -0.2) is 0 Å². The van der Waals surface area contributed by atoms with Crippen LogP contribution in [0.15, 0.2) is 48.5 Å². The maximum Gasteiger partial charge on any atom is 0.127 e. The van der Waals surface area contributed by atoms with Crippen molar-refractivity contribution in [3.63, 3.8) is 0 Å². The minimum Gasteiger partial charge on any atom is -0.207 e. The molecule has 0 heterocycles. The summed E-state index contributed by atoms with van der Waals surface area (Å²) in [6.07, 6.45) is 12.6. The van der Waals surface area contributed by atoms with Crippen molar-refractivity contribution < 1.29 is 4.39 Å². The van der Waals surface area contributed by atoms with Crippen LogP contribution in [0.3, 0.4) is 0 Å². The van der Waals surface area contributed by atoms with Gasteiger partial charge < -0.3 is 0 Å². The molecule has 0 aliphatic carbocycles. The van der Waals surface area contributed by atoms with E-state index in [1.165, 1.54) is 51.4 Å². The molecule has 0 aliphatic rings. The third-order valence-electron chi connectivity index (χ3n) is 4.71. The molecule has 0 spiro atoms. The first-order valence-electron chi connectivity index (χ1n) is 9.65. The third kappa shape index (κ3) is 6.47. The lowest BCUT2D eigenvalue weighted by Gasteiger charge is -2.07. The highest BCUT2D eigenvalue weighted by molar-refractivity contribution is 5.63. The Kier molecular flexibility index (Phi) is 8.59. The van der Waals surface area contributed by atoms with Gasteiger partial charge in [0.2, 0.25) is 0 Å². The molecule has 0 atom stereocenters. The molecule has 2 rings (SSSR count). The van der Waals surface area contributed by atoms with Crippen molar-refractivity contribution in [2.75, 3.05) is 0 Å². The average molecular weight is 326 g/mol. The van der Waals surface area contributed by atoms with Gasteiger partial charge in [0.25, 0.3) is 0 Å². The van der Waals surface area contributed by atoms with E-state index in [0.717, 1.165) is 29.5 Å². The molecule has 0 nitrogen and oxygen atoms in total. The highest BCUT2D eigenvalue weighted by Gasteiger charge is 2.05. The number of aryl methyl sites for hydroxylation is 1. The Balaban J connectivity index is 1.68. The fourth-order valence-corrected chi connectivity index (χ4v) is 3.19. The molecule has 1 heteroatoms. The normalized spacial score (nSPS) is 10.9. The Morgan fingerprint density at radius 1 is 0.667 bits per heavy atom. The van der Waals surface area contributed by atoms with E-state index in [1.54, 1.807) is 6.07 Å². The fourth-order valence-electron chi connectivity index (χ4n) is 3.19. The van der Waals surface area contributed by atoms with Crippen molar-refractivity contribution in [3.05, 3.63) is 59.9 Å². The van der Waals surface area contributed by atoms with Gasteiger partial charge in [-0.2, -0.15) is 0 Å². The predicted octanol–water partition coefficient (Wildman–Crippen LogP) is 7.57. The number of halogens is 1. The second kappa shape index (κ2) is 11.0. The Labute approximate surface area is 147 Å². The first kappa shape index (κ1) is 18.7. The van der Waals surface area contributed by atoms with Crippen molar-refractivity contribution in [2.24, 2.45) is 0 Å². The zero-order valence-corrected chi connectivity index (χ0v) is 15.1. The fraction of sp³-hybridized carbons (Fsp3) is 0.478. The summed E-state index contributed by atoms with van der Waals surface area (Å²) >= 11 is 0. The van der Waals surface area contributed by atoms with Crippen molar-refractivity contribution in [1.82, 2.24) is 0 Å². The van der Waals surface area contributed by atoms with Crippen molar-refractivity contribution in [3.8, 4) is 11.1 Å². The van der Waals surface area contributed by atoms with Gasteiger partial charge in [-0.3, -0.25) is 0 Å². The van der Waals surface area contributed by atoms with Crippen LogP contribution < -0.4 is 0 Å². The lowest BCUT2D eigenvalue weighted by Crippen LogP contribution is -1.92. The molecule has 2 aromatic rings. The quantitative estimate of drug-likeness (QED) is 0.374. The predicted molar refractivity (Wildman–Crippen MR) is 103 cm³/mol. The summed E-state index contributed by atoms with van der Waals surface area (Å²) in [5, 5.41) is 0. The molecule has 0 saturated heterocycles. The maximum atomic E-state index is 14.3. The molecular formula is C23H31F. The summed E-state index contributed by atoms with van der Waals surface area (Å²) in [5.74, 6) is -0.0593. The van der Waals surface area contributed by atoms with Crippen molar-refractivity contribution in [1.29, 1.82) is 0 Å². The molecule has 0 unspecified atom stereocenters. The summed E-state index contributed by atoms with van der Waals surface area (Å²) in [6, 6.07) is 15.7. The molecule has 0 bridgehead atoms. The molecule has 24 heavy (non-hydrogen) atoms. The minimum absolute atomic E-state index is 0.0593. The van der Waals surface area contributed by atoms with Gasteiger partial charge in [0.05, 0.1) is 0 Å². The standard InChI is InChI=1S/C23H31F/c1-2-3-4-5-6-7-8-9-11-16-21-17-18-22(19-23(21)24)20-14-12-10-13-15-20/h10,12-15,17-19H,2-9,11,16H2,1H3. The average Bonchev–Trinajstić information content (AvgIpc) is 2.62. The zero-order chi connectivity index (χ0) is 17.0. The second-order valence-electron chi connectivity index (χ2n) is 6.75. The molecular weight excluding hydrogens is 295 g/mol. The van der Waals surface area contributed by atoms with Crippen LogP contribution in [0.25, 0.3) is 11.1 Å². The molecule has 0 aromatic heterocycles. The smallest absolute Gasteiger partial charge is 0.127 e. The Morgan fingerprint density at radius 3 is 1.92 bits per heavy atom. The van der Waals surface area contributed by atoms with Gasteiger partial charge in [0, 0.05) is 0 Å². The minimum atomic E-state index is -0.0593. The first-order valence-corrected chi connectivity index (χ1v) is 9.65. The van der Waals surface area contributed by atoms with E-state index < -0.39 is 0 Å². The molecule has 0 amide bonds. The Bertz CT molecular complexity index is 574. The van der Waals surface area contributed by atoms with E-state index >= 15 is 0 Å². The van der Waals surface area contributed by atoms with Crippen LogP contribution in [0.5, 0.6) is 0 Å². The van der Waals surface area contributed by atoms with Crippen molar-refractivity contribution in [2.45, 2.75) is 71.1 Å². The lowest BCUT2D eigenvalue weighted by atomic mass is 10.00. The molecule has 130 valence electrons. The van der Waals surface area contributed by atoms with E-state index in [1.807, 2.05) is 42.5 Å². The molecule has 2 aromatic carbocycles. The van der Waals surface area contributed by atoms with E-state index in [9.17, 15) is 4.39 Å². The first-order chi connectivity index (χ1) is 11.8. The second-order valence-corrected chi connectivity index (χ2v) is 6.75. The summed E-state index contributed by atoms with van der Waals surface area (Å²) in [4.78, 5) is 0. The molecule has 0 saturated carbocycles. The molecule has 0 radical (unpaired) electrons. The largest absolute Gasteiger partial charge is 0.207 e. The van der Waals surface area contributed by atoms with Gasteiger partial charge in [0.1, 0.15) is 5.82 Å². The number of hydrogen-bond donors (Lipinski definition) is 0. The van der Waals surface area contributed by atoms with Crippen LogP contribution >= 0.6 is 0 Å². The van der Waals surface area contributed by atoms with Crippen LogP contribution in [0.2, 0.25) is 0 Å². The monoisotopic (exact) mass is 326 g/mol. The third-order valence-corrected chi connectivity index (χ3v) is 4.71. The van der Waals surface area contributed by atoms with Crippen LogP contribution in [0.4, 0.5) is 4.39 Å². The van der Waals surface area contributed by atoms with Crippen molar-refractivity contribution >= 4 is 0 Å². The summed E-state index contributed by atoms with van der Waals surface area (Å²) in [7, 11) is 0. The number of unbranched alkanes of at least 4 members (excludes halogenated alkanes) is 8. The Hall–Kier alpha value is -1.63. The maximum absolute atomic E-state index is 14.3. The van der Waals surface area contributed by atoms with E-state index in [4.69, 9.17) is 0 Å². The van der Waals surface area contributed by atoms with Crippen LogP contribution in [0.1, 0.15) is 70.3 Å². The highest BCUT2D eigenvalue weighted by atomic mass is 19.1. The van der Waals surface area contributed by atoms with Crippen LogP contribution in [0, 0.1) is 5.82 Å². The van der Waals surface area contributed by atoms with E-state index in [2.05, 4.69) is 6.92 Å². The van der Waals surface area contributed by atoms with Gasteiger partial charge in [0.15, 0.2) is 0 Å². The van der Waals surface area contributed by atoms with Crippen LogP contribution in [-0.2, 0) is 6.42 Å². The summed E-state index contributed by atoms with van der Waals surface area (Å²) < 4.78 is 14.3. The van der Waals surface area contributed by atoms with Gasteiger partial charge in [-0.05, 0) is 35.6 Å². The summed E-state index contributed by atoms with van der Waals surface area (Å²) in [5.41, 5.74) is 2.90. The van der Waals surface area contributed by atoms with E-state index in [-0.39, 0.29) is 5.82 Å². The highest BCUT2D eigenvalue weighted by Crippen LogP contribution is 2.22. The lowest BCUT2D eigenvalue weighted by molar-refractivity contribution is 0.557. The van der Waals surface area contributed by atoms with Gasteiger partial charge >= 0.3 is 0 Å². The topological polar surface area (TPSA) is 0 Å². The van der Waals surface area contributed by atoms with E-state index in [0.29, 0.717) is 0 Å². The molecule has 0 fully saturated rings. The Morgan fingerprint density at radius 2 is 1.29 bits per heavy atom. The van der Waals surface area contributed by atoms with Gasteiger partial charge in [-0.15, -0.1) is 0 Å². The zero-order valence-electron chi connectivity index (χ0n) is 15.1. The SMILES string of the molecule is CCCCCCCCCCCc1ccc(-c2ccccc2)cc1F. The number of rotatable bonds is 11.